The van der Waals surface area contributed by atoms with Crippen LogP contribution >= 0.6 is 0 Å². The second-order valence-electron chi connectivity index (χ2n) is 4.15. The van der Waals surface area contributed by atoms with Gasteiger partial charge in [0, 0.05) is 14.1 Å². The first-order chi connectivity index (χ1) is 9.52. The van der Waals surface area contributed by atoms with E-state index in [1.807, 2.05) is 6.07 Å². The molecule has 0 fully saturated rings. The SMILES string of the molecule is CN(C)c1nc(N)nc([C@H](C#N)C(=O)c2ccco2)n1. The number of nitrogens with two attached hydrogens (primary N) is 1. The first-order valence-electron chi connectivity index (χ1n) is 5.69. The van der Waals surface area contributed by atoms with Crippen LogP contribution in [0.2, 0.25) is 0 Å². The fraction of sp³-hybridized carbons (Fsp3) is 0.250. The van der Waals surface area contributed by atoms with Gasteiger partial charge in [-0.3, -0.25) is 4.79 Å². The van der Waals surface area contributed by atoms with Crippen LogP contribution in [-0.4, -0.2) is 34.8 Å². The van der Waals surface area contributed by atoms with Gasteiger partial charge in [0.1, 0.15) is 0 Å². The number of carbonyl (C=O) groups excluding carboxylic acids is 1. The second kappa shape index (κ2) is 5.36. The van der Waals surface area contributed by atoms with E-state index in [1.54, 1.807) is 25.1 Å². The Morgan fingerprint density at radius 3 is 2.75 bits per heavy atom. The van der Waals surface area contributed by atoms with Gasteiger partial charge in [0.2, 0.25) is 17.7 Å². The topological polar surface area (TPSA) is 122 Å². The molecule has 0 amide bonds. The number of carbonyl (C=O) groups is 1. The third-order valence-corrected chi connectivity index (χ3v) is 2.47. The molecule has 2 aromatic heterocycles. The standard InChI is InChI=1S/C12H12N6O2/c1-18(2)12-16-10(15-11(14)17-12)7(6-13)9(19)8-4-3-5-20-8/h3-5,7H,1-2H3,(H2,14,15,16,17)/t7-/m1/s1. The van der Waals surface area contributed by atoms with Gasteiger partial charge in [-0.15, -0.1) is 0 Å². The van der Waals surface area contributed by atoms with E-state index in [0.717, 1.165) is 0 Å². The van der Waals surface area contributed by atoms with Gasteiger partial charge in [0.15, 0.2) is 17.5 Å². The highest BCUT2D eigenvalue weighted by Gasteiger charge is 2.27. The molecule has 0 radical (unpaired) electrons. The molecular formula is C12H12N6O2. The number of nitrogen functional groups attached to an aromatic ring is 1. The van der Waals surface area contributed by atoms with Crippen LogP contribution in [0.1, 0.15) is 22.3 Å². The predicted molar refractivity (Wildman–Crippen MR) is 70.0 cm³/mol. The fourth-order valence-electron chi connectivity index (χ4n) is 1.52. The molecule has 2 heterocycles. The van der Waals surface area contributed by atoms with Crippen molar-refractivity contribution in [3.63, 3.8) is 0 Å². The van der Waals surface area contributed by atoms with Gasteiger partial charge in [-0.05, 0) is 12.1 Å². The van der Waals surface area contributed by atoms with Crippen LogP contribution in [0.3, 0.4) is 0 Å². The van der Waals surface area contributed by atoms with Crippen LogP contribution in [0.25, 0.3) is 0 Å². The summed E-state index contributed by atoms with van der Waals surface area (Å²) in [5.74, 6) is -1.41. The van der Waals surface area contributed by atoms with Crippen molar-refractivity contribution in [1.29, 1.82) is 5.26 Å². The molecule has 0 unspecified atom stereocenters. The van der Waals surface area contributed by atoms with E-state index in [9.17, 15) is 10.1 Å². The number of hydrogen-bond acceptors (Lipinski definition) is 8. The van der Waals surface area contributed by atoms with E-state index >= 15 is 0 Å². The molecule has 0 aliphatic carbocycles. The smallest absolute Gasteiger partial charge is 0.229 e. The summed E-state index contributed by atoms with van der Waals surface area (Å²) in [6.07, 6.45) is 1.36. The van der Waals surface area contributed by atoms with Crippen molar-refractivity contribution in [2.45, 2.75) is 5.92 Å². The summed E-state index contributed by atoms with van der Waals surface area (Å²) >= 11 is 0. The summed E-state index contributed by atoms with van der Waals surface area (Å²) in [7, 11) is 3.43. The molecule has 0 aromatic carbocycles. The number of hydrogen-bond donors (Lipinski definition) is 1. The first kappa shape index (κ1) is 13.5. The molecule has 8 nitrogen and oxygen atoms in total. The van der Waals surface area contributed by atoms with Crippen molar-refractivity contribution in [3.05, 3.63) is 30.0 Å². The Balaban J connectivity index is 2.42. The van der Waals surface area contributed by atoms with Gasteiger partial charge in [0.05, 0.1) is 12.3 Å². The van der Waals surface area contributed by atoms with Crippen molar-refractivity contribution in [2.24, 2.45) is 0 Å². The number of nitrogens with zero attached hydrogens (tertiary/aromatic N) is 5. The Morgan fingerprint density at radius 1 is 1.45 bits per heavy atom. The van der Waals surface area contributed by atoms with Gasteiger partial charge < -0.3 is 15.1 Å². The molecule has 0 saturated carbocycles. The number of aromatic nitrogens is 3. The maximum atomic E-state index is 12.2. The number of furan rings is 1. The molecule has 0 aliphatic heterocycles. The fourth-order valence-corrected chi connectivity index (χ4v) is 1.52. The molecule has 0 spiro atoms. The Bertz CT molecular complexity index is 659. The van der Waals surface area contributed by atoms with E-state index in [4.69, 9.17) is 10.2 Å². The summed E-state index contributed by atoms with van der Waals surface area (Å²) in [5, 5.41) is 9.20. The third kappa shape index (κ3) is 2.56. The highest BCUT2D eigenvalue weighted by atomic mass is 16.3. The van der Waals surface area contributed by atoms with Crippen molar-refractivity contribution < 1.29 is 9.21 Å². The Hall–Kier alpha value is -2.95. The Kier molecular flexibility index (Phi) is 3.61. The van der Waals surface area contributed by atoms with Crippen LogP contribution in [-0.2, 0) is 0 Å². The maximum Gasteiger partial charge on any atom is 0.229 e. The summed E-state index contributed by atoms with van der Waals surface area (Å²) in [4.78, 5) is 25.6. The minimum absolute atomic E-state index is 0.00472. The largest absolute Gasteiger partial charge is 0.461 e. The second-order valence-corrected chi connectivity index (χ2v) is 4.15. The quantitative estimate of drug-likeness (QED) is 0.803. The van der Waals surface area contributed by atoms with Crippen molar-refractivity contribution >= 4 is 17.7 Å². The van der Waals surface area contributed by atoms with Gasteiger partial charge >= 0.3 is 0 Å². The zero-order valence-electron chi connectivity index (χ0n) is 10.9. The normalized spacial score (nSPS) is 11.7. The van der Waals surface area contributed by atoms with Crippen LogP contribution < -0.4 is 10.6 Å². The van der Waals surface area contributed by atoms with E-state index < -0.39 is 11.7 Å². The molecule has 0 aliphatic rings. The highest BCUT2D eigenvalue weighted by molar-refractivity contribution is 6.00. The molecule has 2 aromatic rings. The van der Waals surface area contributed by atoms with Crippen molar-refractivity contribution in [1.82, 2.24) is 15.0 Å². The summed E-state index contributed by atoms with van der Waals surface area (Å²) in [6, 6.07) is 4.90. The van der Waals surface area contributed by atoms with E-state index in [1.165, 1.54) is 12.3 Å². The van der Waals surface area contributed by atoms with Crippen LogP contribution in [0, 0.1) is 11.3 Å². The zero-order chi connectivity index (χ0) is 14.7. The predicted octanol–water partition coefficient (Wildman–Crippen LogP) is 0.603. The lowest BCUT2D eigenvalue weighted by atomic mass is 10.0. The minimum atomic E-state index is -1.19. The average Bonchev–Trinajstić information content (AvgIpc) is 2.92. The lowest BCUT2D eigenvalue weighted by molar-refractivity contribution is 0.0949. The first-order valence-corrected chi connectivity index (χ1v) is 5.69. The lowest BCUT2D eigenvalue weighted by Crippen LogP contribution is -2.20. The molecular weight excluding hydrogens is 260 g/mol. The number of Topliss-reactive ketones (excluding diaryl/α,β-unsaturated/α-hetero) is 1. The Labute approximate surface area is 114 Å². The van der Waals surface area contributed by atoms with Crippen LogP contribution in [0.5, 0.6) is 0 Å². The molecule has 102 valence electrons. The molecule has 1 atom stereocenters. The monoisotopic (exact) mass is 272 g/mol. The van der Waals surface area contributed by atoms with Gasteiger partial charge in [-0.25, -0.2) is 0 Å². The van der Waals surface area contributed by atoms with Crippen LogP contribution in [0.15, 0.2) is 22.8 Å². The molecule has 2 rings (SSSR count). The van der Waals surface area contributed by atoms with Gasteiger partial charge in [0.25, 0.3) is 0 Å². The summed E-state index contributed by atoms with van der Waals surface area (Å²) in [5.41, 5.74) is 5.58. The summed E-state index contributed by atoms with van der Waals surface area (Å²) < 4.78 is 4.99. The average molecular weight is 272 g/mol. The molecule has 20 heavy (non-hydrogen) atoms. The molecule has 0 bridgehead atoms. The number of nitriles is 1. The zero-order valence-corrected chi connectivity index (χ0v) is 10.9. The summed E-state index contributed by atoms with van der Waals surface area (Å²) in [6.45, 7) is 0. The van der Waals surface area contributed by atoms with E-state index in [2.05, 4.69) is 15.0 Å². The molecule has 2 N–H and O–H groups in total. The van der Waals surface area contributed by atoms with Gasteiger partial charge in [-0.1, -0.05) is 0 Å². The number of ketones is 1. The van der Waals surface area contributed by atoms with Crippen molar-refractivity contribution in [3.8, 4) is 6.07 Å². The van der Waals surface area contributed by atoms with Crippen LogP contribution in [0.4, 0.5) is 11.9 Å². The molecule has 8 heteroatoms. The number of rotatable bonds is 4. The highest BCUT2D eigenvalue weighted by Crippen LogP contribution is 2.19. The third-order valence-electron chi connectivity index (χ3n) is 2.47. The minimum Gasteiger partial charge on any atom is -0.461 e. The van der Waals surface area contributed by atoms with E-state index in [-0.39, 0.29) is 23.5 Å². The molecule has 0 saturated heterocycles. The Morgan fingerprint density at radius 2 is 2.20 bits per heavy atom. The number of anilines is 2. The van der Waals surface area contributed by atoms with Gasteiger partial charge in [-0.2, -0.15) is 20.2 Å². The van der Waals surface area contributed by atoms with Crippen molar-refractivity contribution in [2.75, 3.05) is 24.7 Å². The maximum absolute atomic E-state index is 12.2. The lowest BCUT2D eigenvalue weighted by Gasteiger charge is -2.12. The van der Waals surface area contributed by atoms with E-state index in [0.29, 0.717) is 0 Å².